The molecule has 20 heavy (non-hydrogen) atoms. The number of rotatable bonds is 0. The maximum absolute atomic E-state index is 4.19. The minimum absolute atomic E-state index is 0.885. The zero-order valence-corrected chi connectivity index (χ0v) is 14.2. The molecule has 2 aliphatic rings. The molecule has 0 aromatic rings. The molecule has 2 fully saturated rings. The minimum Gasteiger partial charge on any atom is -0.359 e. The van der Waals surface area contributed by atoms with Gasteiger partial charge in [-0.15, -0.1) is 0 Å². The number of guanidine groups is 1. The molecule has 118 valence electrons. The number of likely N-dealkylation sites (tertiary alicyclic amines) is 2. The van der Waals surface area contributed by atoms with E-state index in [1.54, 1.807) is 0 Å². The van der Waals surface area contributed by atoms with E-state index in [4.69, 9.17) is 0 Å². The van der Waals surface area contributed by atoms with Crippen molar-refractivity contribution in [1.29, 1.82) is 0 Å². The maximum atomic E-state index is 4.19. The summed E-state index contributed by atoms with van der Waals surface area (Å²) in [6, 6.07) is 0. The molecule has 4 nitrogen and oxygen atoms in total. The second-order valence-electron chi connectivity index (χ2n) is 6.45. The van der Waals surface area contributed by atoms with Crippen LogP contribution < -0.4 is 5.32 Å². The van der Waals surface area contributed by atoms with E-state index >= 15 is 0 Å². The van der Waals surface area contributed by atoms with Crippen molar-refractivity contribution in [3.05, 3.63) is 0 Å². The van der Waals surface area contributed by atoms with Crippen LogP contribution >= 0.6 is 0 Å². The van der Waals surface area contributed by atoms with Crippen LogP contribution in [0.25, 0.3) is 0 Å². The number of piperidine rings is 2. The Morgan fingerprint density at radius 2 is 1.40 bits per heavy atom. The SMILES string of the molecule is CC1CCN(C)CC1.CN=C(NC)N1CCC(C)CC1. The van der Waals surface area contributed by atoms with Crippen molar-refractivity contribution in [1.82, 2.24) is 15.1 Å². The highest BCUT2D eigenvalue weighted by molar-refractivity contribution is 5.79. The van der Waals surface area contributed by atoms with Crippen LogP contribution in [0.5, 0.6) is 0 Å². The molecular formula is C16H34N4. The van der Waals surface area contributed by atoms with E-state index in [-0.39, 0.29) is 0 Å². The van der Waals surface area contributed by atoms with Gasteiger partial charge in [0.05, 0.1) is 0 Å². The molecule has 0 amide bonds. The van der Waals surface area contributed by atoms with Crippen LogP contribution in [-0.2, 0) is 0 Å². The van der Waals surface area contributed by atoms with E-state index in [1.165, 1.54) is 38.8 Å². The predicted molar refractivity (Wildman–Crippen MR) is 88.3 cm³/mol. The summed E-state index contributed by atoms with van der Waals surface area (Å²) >= 11 is 0. The lowest BCUT2D eigenvalue weighted by atomic mass is 10.00. The molecule has 0 radical (unpaired) electrons. The lowest BCUT2D eigenvalue weighted by Gasteiger charge is -2.32. The van der Waals surface area contributed by atoms with Crippen molar-refractivity contribution in [2.45, 2.75) is 39.5 Å². The van der Waals surface area contributed by atoms with Gasteiger partial charge in [0.25, 0.3) is 0 Å². The fraction of sp³-hybridized carbons (Fsp3) is 0.938. The van der Waals surface area contributed by atoms with E-state index in [0.717, 1.165) is 30.9 Å². The zero-order chi connectivity index (χ0) is 15.0. The van der Waals surface area contributed by atoms with Crippen molar-refractivity contribution < 1.29 is 0 Å². The molecule has 0 aromatic carbocycles. The van der Waals surface area contributed by atoms with Gasteiger partial charge in [-0.2, -0.15) is 0 Å². The average Bonchev–Trinajstić information content (AvgIpc) is 2.46. The second kappa shape index (κ2) is 9.22. The van der Waals surface area contributed by atoms with Gasteiger partial charge in [0.2, 0.25) is 0 Å². The van der Waals surface area contributed by atoms with Crippen molar-refractivity contribution in [3.63, 3.8) is 0 Å². The van der Waals surface area contributed by atoms with E-state index in [0.29, 0.717) is 0 Å². The third kappa shape index (κ3) is 6.12. The smallest absolute Gasteiger partial charge is 0.193 e. The first-order valence-electron chi connectivity index (χ1n) is 8.14. The molecule has 0 unspecified atom stereocenters. The van der Waals surface area contributed by atoms with E-state index in [1.807, 2.05) is 14.1 Å². The molecule has 4 heteroatoms. The Balaban J connectivity index is 0.000000217. The molecule has 0 saturated carbocycles. The van der Waals surface area contributed by atoms with Gasteiger partial charge in [-0.25, -0.2) is 0 Å². The second-order valence-corrected chi connectivity index (χ2v) is 6.45. The van der Waals surface area contributed by atoms with Crippen LogP contribution in [0.4, 0.5) is 0 Å². The highest BCUT2D eigenvalue weighted by Gasteiger charge is 2.17. The van der Waals surface area contributed by atoms with Crippen molar-refractivity contribution in [2.75, 3.05) is 47.3 Å². The van der Waals surface area contributed by atoms with Crippen LogP contribution in [-0.4, -0.2) is 63.1 Å². The van der Waals surface area contributed by atoms with Crippen LogP contribution in [0.1, 0.15) is 39.5 Å². The predicted octanol–water partition coefficient (Wildman–Crippen LogP) is 2.27. The third-order valence-corrected chi connectivity index (χ3v) is 4.53. The summed E-state index contributed by atoms with van der Waals surface area (Å²) in [6.45, 7) is 9.57. The third-order valence-electron chi connectivity index (χ3n) is 4.53. The summed E-state index contributed by atoms with van der Waals surface area (Å²) in [7, 11) is 5.97. The van der Waals surface area contributed by atoms with Gasteiger partial charge in [0.1, 0.15) is 0 Å². The number of aliphatic imine (C=N–C) groups is 1. The molecular weight excluding hydrogens is 248 g/mol. The van der Waals surface area contributed by atoms with Crippen molar-refractivity contribution in [3.8, 4) is 0 Å². The highest BCUT2D eigenvalue weighted by atomic mass is 15.3. The maximum Gasteiger partial charge on any atom is 0.193 e. The number of hydrogen-bond donors (Lipinski definition) is 1. The van der Waals surface area contributed by atoms with Crippen molar-refractivity contribution >= 4 is 5.96 Å². The summed E-state index contributed by atoms with van der Waals surface area (Å²) in [6.07, 6.45) is 5.38. The van der Waals surface area contributed by atoms with Gasteiger partial charge in [-0.05, 0) is 57.7 Å². The van der Waals surface area contributed by atoms with Gasteiger partial charge >= 0.3 is 0 Å². The zero-order valence-electron chi connectivity index (χ0n) is 14.2. The van der Waals surface area contributed by atoms with Crippen LogP contribution in [0.15, 0.2) is 4.99 Å². The van der Waals surface area contributed by atoms with Gasteiger partial charge < -0.3 is 15.1 Å². The molecule has 2 heterocycles. The van der Waals surface area contributed by atoms with Crippen molar-refractivity contribution in [2.24, 2.45) is 16.8 Å². The normalized spacial score (nSPS) is 23.2. The van der Waals surface area contributed by atoms with Gasteiger partial charge in [-0.3, -0.25) is 4.99 Å². The monoisotopic (exact) mass is 282 g/mol. The molecule has 0 aliphatic carbocycles. The first kappa shape index (κ1) is 17.3. The Kier molecular flexibility index (Phi) is 7.97. The average molecular weight is 282 g/mol. The Labute approximate surface area is 125 Å². The van der Waals surface area contributed by atoms with Gasteiger partial charge in [0.15, 0.2) is 5.96 Å². The lowest BCUT2D eigenvalue weighted by molar-refractivity contribution is 0.230. The Bertz CT molecular complexity index is 264. The summed E-state index contributed by atoms with van der Waals surface area (Å²) in [5.41, 5.74) is 0. The summed E-state index contributed by atoms with van der Waals surface area (Å²) in [5.74, 6) is 2.89. The van der Waals surface area contributed by atoms with Crippen LogP contribution in [0, 0.1) is 11.8 Å². The summed E-state index contributed by atoms with van der Waals surface area (Å²) < 4.78 is 0. The summed E-state index contributed by atoms with van der Waals surface area (Å²) in [5, 5.41) is 3.11. The Morgan fingerprint density at radius 3 is 1.75 bits per heavy atom. The van der Waals surface area contributed by atoms with Gasteiger partial charge in [0, 0.05) is 27.2 Å². The first-order chi connectivity index (χ1) is 9.56. The molecule has 0 atom stereocenters. The van der Waals surface area contributed by atoms with Crippen LogP contribution in [0.3, 0.4) is 0 Å². The minimum atomic E-state index is 0.885. The molecule has 2 aliphatic heterocycles. The fourth-order valence-electron chi connectivity index (χ4n) is 2.77. The molecule has 0 bridgehead atoms. The standard InChI is InChI=1S/C9H19N3.C7H15N/c1-8-4-6-12(7-5-8)9(10-2)11-3;1-7-3-5-8(2)6-4-7/h8H,4-7H2,1-3H3,(H,10,11);7H,3-6H2,1-2H3. The largest absolute Gasteiger partial charge is 0.359 e. The Hall–Kier alpha value is -0.770. The first-order valence-corrected chi connectivity index (χ1v) is 8.14. The fourth-order valence-corrected chi connectivity index (χ4v) is 2.77. The van der Waals surface area contributed by atoms with E-state index in [9.17, 15) is 0 Å². The molecule has 2 rings (SSSR count). The van der Waals surface area contributed by atoms with Crippen LogP contribution in [0.2, 0.25) is 0 Å². The molecule has 0 aromatic heterocycles. The topological polar surface area (TPSA) is 30.9 Å². The van der Waals surface area contributed by atoms with E-state index < -0.39 is 0 Å². The Morgan fingerprint density at radius 1 is 0.950 bits per heavy atom. The lowest BCUT2D eigenvalue weighted by Crippen LogP contribution is -2.43. The number of nitrogens with one attached hydrogen (secondary N) is 1. The number of hydrogen-bond acceptors (Lipinski definition) is 2. The molecule has 2 saturated heterocycles. The molecule has 1 N–H and O–H groups in total. The highest BCUT2D eigenvalue weighted by Crippen LogP contribution is 2.15. The molecule has 0 spiro atoms. The van der Waals surface area contributed by atoms with E-state index in [2.05, 4.69) is 41.0 Å². The quantitative estimate of drug-likeness (QED) is 0.546. The van der Waals surface area contributed by atoms with Gasteiger partial charge in [-0.1, -0.05) is 13.8 Å². The number of nitrogens with zero attached hydrogens (tertiary/aromatic N) is 3. The summed E-state index contributed by atoms with van der Waals surface area (Å²) in [4.78, 5) is 8.91.